The molecule has 4 nitrogen and oxygen atoms in total. The van der Waals surface area contributed by atoms with Crippen molar-refractivity contribution in [2.24, 2.45) is 0 Å². The van der Waals surface area contributed by atoms with Crippen molar-refractivity contribution in [1.82, 2.24) is 10.2 Å². The Morgan fingerprint density at radius 3 is 2.94 bits per heavy atom. The molecule has 92 valence electrons. The number of H-pyrrole nitrogens is 1. The Morgan fingerprint density at radius 1 is 1.39 bits per heavy atom. The summed E-state index contributed by atoms with van der Waals surface area (Å²) in [5, 5.41) is 10.5. The van der Waals surface area contributed by atoms with Crippen molar-refractivity contribution in [1.29, 1.82) is 0 Å². The Morgan fingerprint density at radius 2 is 2.17 bits per heavy atom. The monoisotopic (exact) mass is 261 g/mol. The van der Waals surface area contributed by atoms with Crippen LogP contribution in [0, 0.1) is 6.92 Å². The van der Waals surface area contributed by atoms with Gasteiger partial charge in [0.15, 0.2) is 5.82 Å². The highest BCUT2D eigenvalue weighted by atomic mass is 35.5. The van der Waals surface area contributed by atoms with E-state index in [1.807, 2.05) is 31.2 Å². The van der Waals surface area contributed by atoms with E-state index in [9.17, 15) is 4.79 Å². The minimum Gasteiger partial charge on any atom is -0.309 e. The van der Waals surface area contributed by atoms with Gasteiger partial charge in [-0.3, -0.25) is 9.89 Å². The Balaban J connectivity index is 2.16. The first-order chi connectivity index (χ1) is 8.66. The van der Waals surface area contributed by atoms with E-state index in [-0.39, 0.29) is 11.8 Å². The van der Waals surface area contributed by atoms with E-state index in [2.05, 4.69) is 15.5 Å². The molecule has 1 atom stereocenters. The van der Waals surface area contributed by atoms with E-state index in [1.54, 1.807) is 0 Å². The van der Waals surface area contributed by atoms with E-state index in [0.717, 1.165) is 16.8 Å². The molecular weight excluding hydrogens is 250 g/mol. The van der Waals surface area contributed by atoms with E-state index < -0.39 is 0 Å². The molecule has 5 heteroatoms. The molecule has 1 amide bonds. The lowest BCUT2D eigenvalue weighted by atomic mass is 9.86. The number of rotatable bonds is 1. The number of aromatic amines is 1. The maximum absolute atomic E-state index is 11.7. The maximum Gasteiger partial charge on any atom is 0.226 e. The average Bonchev–Trinajstić information content (AvgIpc) is 2.71. The van der Waals surface area contributed by atoms with Gasteiger partial charge in [0.05, 0.1) is 0 Å². The van der Waals surface area contributed by atoms with Gasteiger partial charge in [-0.2, -0.15) is 5.10 Å². The smallest absolute Gasteiger partial charge is 0.226 e. The molecule has 0 saturated carbocycles. The highest BCUT2D eigenvalue weighted by Gasteiger charge is 2.31. The molecule has 0 saturated heterocycles. The standard InChI is InChI=1S/C13H12ClN3O/c1-7-12-9(8-4-2-3-5-10(8)14)6-11(18)15-13(12)17-16-7/h2-5,9H,6H2,1H3,(H2,15,16,17,18)/t9-/m0/s1. The van der Waals surface area contributed by atoms with Crippen LogP contribution in [0.3, 0.4) is 0 Å². The van der Waals surface area contributed by atoms with Gasteiger partial charge in [-0.15, -0.1) is 0 Å². The number of fused-ring (bicyclic) bond motifs is 1. The molecule has 1 aromatic heterocycles. The van der Waals surface area contributed by atoms with Crippen LogP contribution < -0.4 is 5.32 Å². The van der Waals surface area contributed by atoms with Crippen LogP contribution in [0.5, 0.6) is 0 Å². The predicted octanol–water partition coefficient (Wildman–Crippen LogP) is 2.85. The Labute approximate surface area is 109 Å². The summed E-state index contributed by atoms with van der Waals surface area (Å²) in [6.45, 7) is 1.95. The lowest BCUT2D eigenvalue weighted by Crippen LogP contribution is -2.23. The van der Waals surface area contributed by atoms with Gasteiger partial charge in [-0.25, -0.2) is 0 Å². The van der Waals surface area contributed by atoms with Crippen LogP contribution in [0.15, 0.2) is 24.3 Å². The minimum atomic E-state index is -0.0288. The third-order valence-corrected chi connectivity index (χ3v) is 3.62. The van der Waals surface area contributed by atoms with Crippen molar-refractivity contribution in [3.63, 3.8) is 0 Å². The van der Waals surface area contributed by atoms with Gasteiger partial charge in [0.25, 0.3) is 0 Å². The number of anilines is 1. The van der Waals surface area contributed by atoms with Crippen LogP contribution in [0.2, 0.25) is 5.02 Å². The molecule has 1 aromatic carbocycles. The number of hydrogen-bond acceptors (Lipinski definition) is 2. The number of carbonyl (C=O) groups is 1. The number of nitrogens with one attached hydrogen (secondary N) is 2. The summed E-state index contributed by atoms with van der Waals surface area (Å²) in [6.07, 6.45) is 0.400. The zero-order valence-electron chi connectivity index (χ0n) is 9.83. The normalized spacial score (nSPS) is 18.3. The number of benzene rings is 1. The Kier molecular flexibility index (Phi) is 2.59. The molecule has 2 N–H and O–H groups in total. The first-order valence-corrected chi connectivity index (χ1v) is 6.13. The molecule has 2 aromatic rings. The van der Waals surface area contributed by atoms with Gasteiger partial charge in [0.1, 0.15) is 0 Å². The summed E-state index contributed by atoms with van der Waals surface area (Å²) < 4.78 is 0. The fourth-order valence-electron chi connectivity index (χ4n) is 2.45. The number of aryl methyl sites for hydroxylation is 1. The van der Waals surface area contributed by atoms with E-state index in [4.69, 9.17) is 11.6 Å². The molecule has 0 spiro atoms. The summed E-state index contributed by atoms with van der Waals surface area (Å²) in [5.74, 6) is 0.564. The zero-order chi connectivity index (χ0) is 12.7. The van der Waals surface area contributed by atoms with Crippen molar-refractivity contribution in [3.05, 3.63) is 46.1 Å². The van der Waals surface area contributed by atoms with Crippen LogP contribution >= 0.6 is 11.6 Å². The van der Waals surface area contributed by atoms with Gasteiger partial charge in [0.2, 0.25) is 5.91 Å². The molecule has 0 unspecified atom stereocenters. The second-order valence-electron chi connectivity index (χ2n) is 4.44. The second kappa shape index (κ2) is 4.14. The van der Waals surface area contributed by atoms with Crippen molar-refractivity contribution < 1.29 is 4.79 Å². The summed E-state index contributed by atoms with van der Waals surface area (Å²) in [7, 11) is 0. The van der Waals surface area contributed by atoms with Crippen molar-refractivity contribution in [2.45, 2.75) is 19.3 Å². The summed E-state index contributed by atoms with van der Waals surface area (Å²) in [6, 6.07) is 7.63. The van der Waals surface area contributed by atoms with Crippen LogP contribution in [0.25, 0.3) is 0 Å². The van der Waals surface area contributed by atoms with Gasteiger partial charge in [0, 0.05) is 28.6 Å². The fourth-order valence-corrected chi connectivity index (χ4v) is 2.72. The molecule has 18 heavy (non-hydrogen) atoms. The van der Waals surface area contributed by atoms with Crippen LogP contribution in [-0.2, 0) is 4.79 Å². The van der Waals surface area contributed by atoms with Crippen molar-refractivity contribution in [3.8, 4) is 0 Å². The Bertz CT molecular complexity index is 620. The predicted molar refractivity (Wildman–Crippen MR) is 69.9 cm³/mol. The molecule has 1 aliphatic rings. The fraction of sp³-hybridized carbons (Fsp3) is 0.231. The average molecular weight is 262 g/mol. The number of hydrogen-bond donors (Lipinski definition) is 2. The SMILES string of the molecule is Cc1[nH]nc2c1[C@H](c1ccccc1Cl)CC(=O)N2. The summed E-state index contributed by atoms with van der Waals surface area (Å²) >= 11 is 6.23. The van der Waals surface area contributed by atoms with Crippen LogP contribution in [0.1, 0.15) is 29.2 Å². The molecule has 3 rings (SSSR count). The minimum absolute atomic E-state index is 0.0267. The second-order valence-corrected chi connectivity index (χ2v) is 4.84. The van der Waals surface area contributed by atoms with Gasteiger partial charge < -0.3 is 5.32 Å². The number of carbonyl (C=O) groups excluding carboxylic acids is 1. The third kappa shape index (κ3) is 1.69. The van der Waals surface area contributed by atoms with E-state index in [0.29, 0.717) is 17.3 Å². The van der Waals surface area contributed by atoms with E-state index >= 15 is 0 Å². The first-order valence-electron chi connectivity index (χ1n) is 5.76. The Hall–Kier alpha value is -1.81. The molecule has 1 aliphatic heterocycles. The van der Waals surface area contributed by atoms with Gasteiger partial charge in [-0.1, -0.05) is 29.8 Å². The molecule has 0 aliphatic carbocycles. The van der Waals surface area contributed by atoms with Crippen LogP contribution in [0.4, 0.5) is 5.82 Å². The number of amides is 1. The lowest BCUT2D eigenvalue weighted by Gasteiger charge is -2.23. The highest BCUT2D eigenvalue weighted by Crippen LogP contribution is 2.40. The topological polar surface area (TPSA) is 57.8 Å². The number of nitrogens with zero attached hydrogens (tertiary/aromatic N) is 1. The number of halogens is 1. The molecule has 0 bridgehead atoms. The highest BCUT2D eigenvalue weighted by molar-refractivity contribution is 6.31. The number of aromatic nitrogens is 2. The van der Waals surface area contributed by atoms with Crippen molar-refractivity contribution >= 4 is 23.3 Å². The molecular formula is C13H12ClN3O. The first kappa shape index (κ1) is 11.3. The van der Waals surface area contributed by atoms with Crippen molar-refractivity contribution in [2.75, 3.05) is 5.32 Å². The lowest BCUT2D eigenvalue weighted by molar-refractivity contribution is -0.116. The quantitative estimate of drug-likeness (QED) is 0.829. The summed E-state index contributed by atoms with van der Waals surface area (Å²) in [5.41, 5.74) is 2.97. The van der Waals surface area contributed by atoms with Crippen LogP contribution in [-0.4, -0.2) is 16.1 Å². The van der Waals surface area contributed by atoms with E-state index in [1.165, 1.54) is 0 Å². The summed E-state index contributed by atoms with van der Waals surface area (Å²) in [4.78, 5) is 11.7. The zero-order valence-corrected chi connectivity index (χ0v) is 10.6. The largest absolute Gasteiger partial charge is 0.309 e. The maximum atomic E-state index is 11.7. The molecule has 0 radical (unpaired) electrons. The molecule has 2 heterocycles. The molecule has 0 fully saturated rings. The van der Waals surface area contributed by atoms with Gasteiger partial charge >= 0.3 is 0 Å². The third-order valence-electron chi connectivity index (χ3n) is 3.27. The van der Waals surface area contributed by atoms with Gasteiger partial charge in [-0.05, 0) is 18.6 Å².